The number of carbonyl (C=O) groups excluding carboxylic acids is 1. The Morgan fingerprint density at radius 2 is 1.68 bits per heavy atom. The van der Waals surface area contributed by atoms with Crippen LogP contribution in [-0.4, -0.2) is 51.2 Å². The van der Waals surface area contributed by atoms with E-state index in [1.165, 1.54) is 0 Å². The maximum Gasteiger partial charge on any atom is 0.254 e. The highest BCUT2D eigenvalue weighted by atomic mass is 35.5. The van der Waals surface area contributed by atoms with Gasteiger partial charge in [0.15, 0.2) is 11.5 Å². The van der Waals surface area contributed by atoms with E-state index in [0.717, 1.165) is 23.8 Å². The maximum absolute atomic E-state index is 12.8. The van der Waals surface area contributed by atoms with Gasteiger partial charge in [0.1, 0.15) is 0 Å². The largest absolute Gasteiger partial charge is 0.493 e. The zero-order valence-electron chi connectivity index (χ0n) is 14.4. The third kappa shape index (κ3) is 3.82. The van der Waals surface area contributed by atoms with Crippen molar-refractivity contribution >= 4 is 23.2 Å². The van der Waals surface area contributed by atoms with Crippen LogP contribution in [0.2, 0.25) is 5.02 Å². The number of ether oxygens (including phenoxy) is 2. The van der Waals surface area contributed by atoms with E-state index in [2.05, 4.69) is 4.90 Å². The van der Waals surface area contributed by atoms with Crippen molar-refractivity contribution in [2.75, 3.05) is 45.3 Å². The van der Waals surface area contributed by atoms with E-state index in [1.807, 2.05) is 29.2 Å². The van der Waals surface area contributed by atoms with Crippen LogP contribution in [0.15, 0.2) is 42.5 Å². The van der Waals surface area contributed by atoms with Crippen molar-refractivity contribution in [3.8, 4) is 11.5 Å². The number of piperazine rings is 1. The SMILES string of the molecule is COc1ccc(C(=O)N2CCN(c3cccc(Cl)c3)CC2)cc1OC. The molecule has 1 heterocycles. The summed E-state index contributed by atoms with van der Waals surface area (Å²) >= 11 is 6.06. The molecule has 0 bridgehead atoms. The number of amides is 1. The first-order chi connectivity index (χ1) is 12.1. The quantitative estimate of drug-likeness (QED) is 0.838. The predicted octanol–water partition coefficient (Wildman–Crippen LogP) is 3.32. The zero-order chi connectivity index (χ0) is 17.8. The highest BCUT2D eigenvalue weighted by Gasteiger charge is 2.23. The number of nitrogens with zero attached hydrogens (tertiary/aromatic N) is 2. The second-order valence-corrected chi connectivity index (χ2v) is 6.27. The highest BCUT2D eigenvalue weighted by Crippen LogP contribution is 2.28. The van der Waals surface area contributed by atoms with E-state index in [0.29, 0.717) is 30.2 Å². The molecule has 2 aromatic rings. The van der Waals surface area contributed by atoms with Gasteiger partial charge in [-0.15, -0.1) is 0 Å². The number of carbonyl (C=O) groups is 1. The first-order valence-electron chi connectivity index (χ1n) is 8.14. The standard InChI is InChI=1S/C19H21ClN2O3/c1-24-17-7-6-14(12-18(17)25-2)19(23)22-10-8-21(9-11-22)16-5-3-4-15(20)13-16/h3-7,12-13H,8-11H2,1-2H3. The molecule has 0 aliphatic carbocycles. The Morgan fingerprint density at radius 3 is 2.32 bits per heavy atom. The molecule has 0 N–H and O–H groups in total. The minimum atomic E-state index is 0.00620. The molecule has 0 radical (unpaired) electrons. The van der Waals surface area contributed by atoms with Crippen LogP contribution in [0.5, 0.6) is 11.5 Å². The van der Waals surface area contributed by atoms with E-state index in [1.54, 1.807) is 32.4 Å². The molecule has 3 rings (SSSR count). The van der Waals surface area contributed by atoms with Gasteiger partial charge in [-0.3, -0.25) is 4.79 Å². The minimum Gasteiger partial charge on any atom is -0.493 e. The summed E-state index contributed by atoms with van der Waals surface area (Å²) in [5.41, 5.74) is 1.69. The van der Waals surface area contributed by atoms with Crippen LogP contribution in [-0.2, 0) is 0 Å². The normalized spacial score (nSPS) is 14.4. The second-order valence-electron chi connectivity index (χ2n) is 5.83. The molecule has 1 amide bonds. The Hall–Kier alpha value is -2.40. The summed E-state index contributed by atoms with van der Waals surface area (Å²) < 4.78 is 10.5. The molecule has 0 spiro atoms. The molecule has 1 fully saturated rings. The lowest BCUT2D eigenvalue weighted by Gasteiger charge is -2.36. The van der Waals surface area contributed by atoms with E-state index >= 15 is 0 Å². The van der Waals surface area contributed by atoms with Crippen LogP contribution in [0.4, 0.5) is 5.69 Å². The van der Waals surface area contributed by atoms with Gasteiger partial charge in [-0.2, -0.15) is 0 Å². The molecule has 5 nitrogen and oxygen atoms in total. The molecule has 1 aliphatic heterocycles. The van der Waals surface area contributed by atoms with Crippen molar-refractivity contribution in [1.29, 1.82) is 0 Å². The lowest BCUT2D eigenvalue weighted by molar-refractivity contribution is 0.0746. The van der Waals surface area contributed by atoms with Crippen molar-refractivity contribution in [1.82, 2.24) is 4.90 Å². The third-order valence-electron chi connectivity index (χ3n) is 4.37. The number of rotatable bonds is 4. The summed E-state index contributed by atoms with van der Waals surface area (Å²) in [6.45, 7) is 2.89. The van der Waals surface area contributed by atoms with Gasteiger partial charge in [-0.05, 0) is 36.4 Å². The number of halogens is 1. The highest BCUT2D eigenvalue weighted by molar-refractivity contribution is 6.30. The van der Waals surface area contributed by atoms with Crippen LogP contribution < -0.4 is 14.4 Å². The third-order valence-corrected chi connectivity index (χ3v) is 4.61. The summed E-state index contributed by atoms with van der Waals surface area (Å²) in [6.07, 6.45) is 0. The zero-order valence-corrected chi connectivity index (χ0v) is 15.1. The first-order valence-corrected chi connectivity index (χ1v) is 8.52. The number of hydrogen-bond donors (Lipinski definition) is 0. The van der Waals surface area contributed by atoms with Gasteiger partial charge in [0.05, 0.1) is 14.2 Å². The maximum atomic E-state index is 12.8. The van der Waals surface area contributed by atoms with Crippen molar-refractivity contribution in [2.45, 2.75) is 0 Å². The van der Waals surface area contributed by atoms with Gasteiger partial charge in [0.2, 0.25) is 0 Å². The van der Waals surface area contributed by atoms with Crippen molar-refractivity contribution in [3.63, 3.8) is 0 Å². The number of benzene rings is 2. The Morgan fingerprint density at radius 1 is 0.960 bits per heavy atom. The Balaban J connectivity index is 1.67. The summed E-state index contributed by atoms with van der Waals surface area (Å²) in [4.78, 5) is 16.9. The van der Waals surface area contributed by atoms with Gasteiger partial charge in [-0.1, -0.05) is 17.7 Å². The van der Waals surface area contributed by atoms with Gasteiger partial charge in [-0.25, -0.2) is 0 Å². The minimum absolute atomic E-state index is 0.00620. The van der Waals surface area contributed by atoms with E-state index < -0.39 is 0 Å². The summed E-state index contributed by atoms with van der Waals surface area (Å²) in [5.74, 6) is 1.18. The Kier molecular flexibility index (Phi) is 5.34. The van der Waals surface area contributed by atoms with Gasteiger partial charge in [0.25, 0.3) is 5.91 Å². The van der Waals surface area contributed by atoms with Crippen molar-refractivity contribution < 1.29 is 14.3 Å². The Labute approximate surface area is 152 Å². The summed E-state index contributed by atoms with van der Waals surface area (Å²) in [7, 11) is 3.14. The van der Waals surface area contributed by atoms with Crippen LogP contribution in [0.25, 0.3) is 0 Å². The smallest absolute Gasteiger partial charge is 0.254 e. The van der Waals surface area contributed by atoms with Crippen LogP contribution >= 0.6 is 11.6 Å². The molecule has 0 saturated carbocycles. The average Bonchev–Trinajstić information content (AvgIpc) is 2.67. The van der Waals surface area contributed by atoms with Crippen molar-refractivity contribution in [3.05, 3.63) is 53.1 Å². The lowest BCUT2D eigenvalue weighted by atomic mass is 10.1. The fraction of sp³-hybridized carbons (Fsp3) is 0.316. The summed E-state index contributed by atoms with van der Waals surface area (Å²) in [5, 5.41) is 0.723. The van der Waals surface area contributed by atoms with Crippen LogP contribution in [0.3, 0.4) is 0 Å². The van der Waals surface area contributed by atoms with E-state index in [9.17, 15) is 4.79 Å². The molecule has 1 aliphatic rings. The molecule has 0 aromatic heterocycles. The predicted molar refractivity (Wildman–Crippen MR) is 99.1 cm³/mol. The fourth-order valence-corrected chi connectivity index (χ4v) is 3.18. The number of anilines is 1. The molecule has 2 aromatic carbocycles. The Bertz CT molecular complexity index is 758. The lowest BCUT2D eigenvalue weighted by Crippen LogP contribution is -2.48. The molecular weight excluding hydrogens is 340 g/mol. The topological polar surface area (TPSA) is 42.0 Å². The van der Waals surface area contributed by atoms with Crippen LogP contribution in [0.1, 0.15) is 10.4 Å². The number of methoxy groups -OCH3 is 2. The molecule has 25 heavy (non-hydrogen) atoms. The van der Waals surface area contributed by atoms with E-state index in [-0.39, 0.29) is 5.91 Å². The number of hydrogen-bond acceptors (Lipinski definition) is 4. The molecule has 0 atom stereocenters. The van der Waals surface area contributed by atoms with Gasteiger partial charge < -0.3 is 19.3 Å². The molecule has 132 valence electrons. The fourth-order valence-electron chi connectivity index (χ4n) is 2.99. The molecule has 0 unspecified atom stereocenters. The molecular formula is C19H21ClN2O3. The van der Waals surface area contributed by atoms with Crippen LogP contribution in [0, 0.1) is 0 Å². The van der Waals surface area contributed by atoms with Gasteiger partial charge in [0, 0.05) is 42.5 Å². The average molecular weight is 361 g/mol. The molecule has 1 saturated heterocycles. The van der Waals surface area contributed by atoms with Crippen molar-refractivity contribution in [2.24, 2.45) is 0 Å². The first kappa shape index (κ1) is 17.4. The van der Waals surface area contributed by atoms with E-state index in [4.69, 9.17) is 21.1 Å². The molecule has 6 heteroatoms. The summed E-state index contributed by atoms with van der Waals surface area (Å²) in [6, 6.07) is 13.1. The monoisotopic (exact) mass is 360 g/mol. The second kappa shape index (κ2) is 7.66. The van der Waals surface area contributed by atoms with Gasteiger partial charge >= 0.3 is 0 Å².